The molecule has 0 aliphatic carbocycles. The summed E-state index contributed by atoms with van der Waals surface area (Å²) in [6, 6.07) is 4.87. The molecule has 2 aromatic rings. The average Bonchev–Trinajstić information content (AvgIpc) is 2.91. The molecule has 0 radical (unpaired) electrons. The largest absolute Gasteiger partial charge is 0.493 e. The highest BCUT2D eigenvalue weighted by Gasteiger charge is 2.25. The van der Waals surface area contributed by atoms with E-state index in [1.165, 1.54) is 28.1 Å². The van der Waals surface area contributed by atoms with Crippen LogP contribution in [0.25, 0.3) is 0 Å². The van der Waals surface area contributed by atoms with Gasteiger partial charge in [-0.05, 0) is 31.5 Å². The minimum Gasteiger partial charge on any atom is -0.493 e. The molecule has 2 rings (SSSR count). The van der Waals surface area contributed by atoms with Crippen molar-refractivity contribution in [3.05, 3.63) is 35.2 Å². The van der Waals surface area contributed by atoms with Crippen molar-refractivity contribution >= 4 is 10.0 Å². The number of aryl methyl sites for hydroxylation is 2. The first-order valence-electron chi connectivity index (χ1n) is 7.12. The van der Waals surface area contributed by atoms with Crippen molar-refractivity contribution in [3.63, 3.8) is 0 Å². The number of hydrogen-bond donors (Lipinski definition) is 2. The fraction of sp³-hybridized carbons (Fsp3) is 0.400. The Hall–Kier alpha value is -2.10. The second-order valence-corrected chi connectivity index (χ2v) is 6.84. The van der Waals surface area contributed by atoms with Gasteiger partial charge in [-0.3, -0.25) is 0 Å². The molecule has 1 aromatic heterocycles. The summed E-state index contributed by atoms with van der Waals surface area (Å²) in [5, 5.41) is 13.9. The van der Waals surface area contributed by atoms with Gasteiger partial charge in [0.05, 0.1) is 20.3 Å². The summed E-state index contributed by atoms with van der Waals surface area (Å²) in [6.07, 6.45) is -1.06. The van der Waals surface area contributed by atoms with Crippen molar-refractivity contribution in [2.45, 2.75) is 24.8 Å². The van der Waals surface area contributed by atoms with Crippen molar-refractivity contribution < 1.29 is 27.5 Å². The third kappa shape index (κ3) is 3.69. The first kappa shape index (κ1) is 18.2. The van der Waals surface area contributed by atoms with Crippen LogP contribution in [0.4, 0.5) is 0 Å². The van der Waals surface area contributed by atoms with Crippen LogP contribution in [-0.2, 0) is 10.0 Å². The third-order valence-electron chi connectivity index (χ3n) is 3.50. The van der Waals surface area contributed by atoms with E-state index in [1.807, 2.05) is 0 Å². The van der Waals surface area contributed by atoms with E-state index in [9.17, 15) is 13.5 Å². The predicted octanol–water partition coefficient (Wildman–Crippen LogP) is 1.32. The Bertz CT molecular complexity index is 796. The fourth-order valence-electron chi connectivity index (χ4n) is 2.30. The molecule has 0 aliphatic rings. The maximum Gasteiger partial charge on any atom is 0.246 e. The smallest absolute Gasteiger partial charge is 0.246 e. The normalized spacial score (nSPS) is 12.9. The van der Waals surface area contributed by atoms with E-state index >= 15 is 0 Å². The number of sulfonamides is 1. The molecule has 0 saturated carbocycles. The fourth-order valence-corrected chi connectivity index (χ4v) is 3.66. The molecular weight excluding hydrogens is 336 g/mol. The molecule has 1 atom stereocenters. The molecule has 9 heteroatoms. The lowest BCUT2D eigenvalue weighted by Crippen LogP contribution is -2.29. The van der Waals surface area contributed by atoms with E-state index in [-0.39, 0.29) is 22.9 Å². The van der Waals surface area contributed by atoms with Crippen molar-refractivity contribution in [2.24, 2.45) is 0 Å². The molecular formula is C15H20N2O6S. The lowest BCUT2D eigenvalue weighted by molar-refractivity contribution is 0.181. The van der Waals surface area contributed by atoms with Crippen molar-refractivity contribution in [2.75, 3.05) is 20.8 Å². The minimum atomic E-state index is -3.83. The first-order valence-corrected chi connectivity index (χ1v) is 8.61. The minimum absolute atomic E-state index is 0.0120. The Morgan fingerprint density at radius 3 is 2.46 bits per heavy atom. The Labute approximate surface area is 140 Å². The molecule has 0 spiro atoms. The maximum atomic E-state index is 12.3. The zero-order chi connectivity index (χ0) is 17.9. The molecule has 0 aliphatic heterocycles. The molecule has 132 valence electrons. The molecule has 1 unspecified atom stereocenters. The molecule has 0 saturated heterocycles. The van der Waals surface area contributed by atoms with Crippen LogP contribution >= 0.6 is 0 Å². The van der Waals surface area contributed by atoms with Crippen molar-refractivity contribution in [1.82, 2.24) is 9.88 Å². The predicted molar refractivity (Wildman–Crippen MR) is 85.7 cm³/mol. The number of benzene rings is 1. The zero-order valence-corrected chi connectivity index (χ0v) is 14.7. The number of aromatic nitrogens is 1. The second kappa shape index (κ2) is 7.20. The number of methoxy groups -OCH3 is 2. The highest BCUT2D eigenvalue weighted by Crippen LogP contribution is 2.30. The molecule has 8 nitrogen and oxygen atoms in total. The molecule has 0 amide bonds. The topological polar surface area (TPSA) is 111 Å². The van der Waals surface area contributed by atoms with Gasteiger partial charge in [0, 0.05) is 6.54 Å². The molecule has 0 bridgehead atoms. The maximum absolute atomic E-state index is 12.3. The van der Waals surface area contributed by atoms with Gasteiger partial charge in [-0.15, -0.1) is 0 Å². The summed E-state index contributed by atoms with van der Waals surface area (Å²) in [5.74, 6) is 1.16. The van der Waals surface area contributed by atoms with Gasteiger partial charge >= 0.3 is 0 Å². The zero-order valence-electron chi connectivity index (χ0n) is 13.9. The Morgan fingerprint density at radius 2 is 1.92 bits per heavy atom. The van der Waals surface area contributed by atoms with Gasteiger partial charge in [0.1, 0.15) is 10.6 Å². The van der Waals surface area contributed by atoms with Crippen LogP contribution < -0.4 is 14.2 Å². The number of rotatable bonds is 7. The van der Waals surface area contributed by atoms with E-state index < -0.39 is 16.1 Å². The van der Waals surface area contributed by atoms with Crippen molar-refractivity contribution in [1.29, 1.82) is 0 Å². The molecule has 2 N–H and O–H groups in total. The first-order chi connectivity index (χ1) is 11.3. The van der Waals surface area contributed by atoms with Crippen LogP contribution in [-0.4, -0.2) is 39.4 Å². The van der Waals surface area contributed by atoms with E-state index in [1.54, 1.807) is 18.2 Å². The average molecular weight is 356 g/mol. The van der Waals surface area contributed by atoms with Crippen molar-refractivity contribution in [3.8, 4) is 11.5 Å². The highest BCUT2D eigenvalue weighted by molar-refractivity contribution is 7.89. The second-order valence-electron chi connectivity index (χ2n) is 5.14. The van der Waals surface area contributed by atoms with Gasteiger partial charge in [0.25, 0.3) is 0 Å². The lowest BCUT2D eigenvalue weighted by Gasteiger charge is -2.15. The molecule has 1 aromatic carbocycles. The molecule has 0 fully saturated rings. The third-order valence-corrected chi connectivity index (χ3v) is 5.16. The van der Waals surface area contributed by atoms with Gasteiger partial charge in [-0.2, -0.15) is 0 Å². The standard InChI is InChI=1S/C15H20N2O6S/c1-9-15(10(2)23-17-9)24(19,20)16-8-12(18)11-5-6-13(21-3)14(7-11)22-4/h5-7,12,16,18H,8H2,1-4H3. The number of aliphatic hydroxyl groups is 1. The Morgan fingerprint density at radius 1 is 1.25 bits per heavy atom. The van der Waals surface area contributed by atoms with E-state index in [0.29, 0.717) is 17.1 Å². The van der Waals surface area contributed by atoms with Crippen LogP contribution in [0.1, 0.15) is 23.1 Å². The van der Waals surface area contributed by atoms with Gasteiger partial charge in [0.15, 0.2) is 17.3 Å². The number of ether oxygens (including phenoxy) is 2. The summed E-state index contributed by atoms with van der Waals surface area (Å²) in [6.45, 7) is 2.84. The number of aliphatic hydroxyl groups excluding tert-OH is 1. The summed E-state index contributed by atoms with van der Waals surface area (Å²) in [5.41, 5.74) is 0.759. The SMILES string of the molecule is COc1ccc(C(O)CNS(=O)(=O)c2c(C)noc2C)cc1OC. The Balaban J connectivity index is 2.14. The van der Waals surface area contributed by atoms with Crippen LogP contribution in [0, 0.1) is 13.8 Å². The summed E-state index contributed by atoms with van der Waals surface area (Å²) < 4.78 is 42.2. The van der Waals surface area contributed by atoms with E-state index in [4.69, 9.17) is 14.0 Å². The monoisotopic (exact) mass is 356 g/mol. The van der Waals surface area contributed by atoms with E-state index in [0.717, 1.165) is 0 Å². The van der Waals surface area contributed by atoms with Gasteiger partial charge in [-0.25, -0.2) is 13.1 Å². The van der Waals surface area contributed by atoms with Crippen LogP contribution in [0.3, 0.4) is 0 Å². The van der Waals surface area contributed by atoms with Crippen LogP contribution in [0.2, 0.25) is 0 Å². The molecule has 24 heavy (non-hydrogen) atoms. The summed E-state index contributed by atoms with van der Waals surface area (Å²) >= 11 is 0. The quantitative estimate of drug-likeness (QED) is 0.769. The van der Waals surface area contributed by atoms with Crippen LogP contribution in [0.15, 0.2) is 27.6 Å². The van der Waals surface area contributed by atoms with Gasteiger partial charge in [-0.1, -0.05) is 11.2 Å². The van der Waals surface area contributed by atoms with Gasteiger partial charge < -0.3 is 19.1 Å². The number of nitrogens with one attached hydrogen (secondary N) is 1. The highest BCUT2D eigenvalue weighted by atomic mass is 32.2. The molecule has 1 heterocycles. The number of hydrogen-bond acceptors (Lipinski definition) is 7. The van der Waals surface area contributed by atoms with E-state index in [2.05, 4.69) is 9.88 Å². The summed E-state index contributed by atoms with van der Waals surface area (Å²) in [7, 11) is -0.846. The number of nitrogens with zero attached hydrogens (tertiary/aromatic N) is 1. The lowest BCUT2D eigenvalue weighted by atomic mass is 10.1. The van der Waals surface area contributed by atoms with Gasteiger partial charge in [0.2, 0.25) is 10.0 Å². The van der Waals surface area contributed by atoms with Crippen LogP contribution in [0.5, 0.6) is 11.5 Å². The summed E-state index contributed by atoms with van der Waals surface area (Å²) in [4.78, 5) is -0.0120. The Kier molecular flexibility index (Phi) is 5.47.